The molecule has 1 N–H and O–H groups in total. The van der Waals surface area contributed by atoms with Gasteiger partial charge in [-0.1, -0.05) is 75.1 Å². The monoisotopic (exact) mass is 514 g/mol. The second-order valence-corrected chi connectivity index (χ2v) is 9.47. The molecule has 0 unspecified atom stereocenters. The number of imidazole rings is 1. The van der Waals surface area contributed by atoms with Gasteiger partial charge < -0.3 is 5.11 Å². The average Bonchev–Trinajstić information content (AvgIpc) is 3.16. The first-order chi connectivity index (χ1) is 17.6. The van der Waals surface area contributed by atoms with Crippen LogP contribution >= 0.6 is 0 Å². The molecule has 9 heteroatoms. The predicted octanol–water partition coefficient (Wildman–Crippen LogP) is 6.26. The van der Waals surface area contributed by atoms with Crippen molar-refractivity contribution in [2.75, 3.05) is 0 Å². The van der Waals surface area contributed by atoms with Crippen molar-refractivity contribution in [2.24, 2.45) is 5.92 Å². The summed E-state index contributed by atoms with van der Waals surface area (Å²) < 4.78 is 44.2. The number of rotatable bonds is 7. The fourth-order valence-corrected chi connectivity index (χ4v) is 5.16. The lowest BCUT2D eigenvalue weighted by molar-refractivity contribution is -0.143. The Bertz CT molecular complexity index is 1350. The van der Waals surface area contributed by atoms with Gasteiger partial charge in [0, 0.05) is 5.92 Å². The van der Waals surface area contributed by atoms with Crippen LogP contribution in [0.5, 0.6) is 0 Å². The Balaban J connectivity index is 1.75. The standard InChI is InChI=1S/C28H29F3N2O4/c1-2-8-23-24(28(29,30)31)33(25(34)20-9-4-3-5-10-20)27(37)32(23)17-18-13-15-19(16-14-18)21-11-6-7-12-22(21)26(35)36/h6-7,11-16,20H,2-5,8-10,17H2,1H3,(H,35,36). The van der Waals surface area contributed by atoms with Crippen molar-refractivity contribution in [3.63, 3.8) is 0 Å². The van der Waals surface area contributed by atoms with Crippen LogP contribution in [0, 0.1) is 5.92 Å². The number of hydrogen-bond donors (Lipinski definition) is 1. The summed E-state index contributed by atoms with van der Waals surface area (Å²) in [5.41, 5.74) is -0.493. The third-order valence-electron chi connectivity index (χ3n) is 6.94. The fraction of sp³-hybridized carbons (Fsp3) is 0.393. The van der Waals surface area contributed by atoms with Crippen LogP contribution in [0.1, 0.15) is 77.6 Å². The van der Waals surface area contributed by atoms with Crippen molar-refractivity contribution < 1.29 is 27.9 Å². The Kier molecular flexibility index (Phi) is 7.71. The Labute approximate surface area is 212 Å². The number of alkyl halides is 3. The van der Waals surface area contributed by atoms with E-state index in [1.807, 2.05) is 0 Å². The van der Waals surface area contributed by atoms with Crippen molar-refractivity contribution in [1.82, 2.24) is 9.13 Å². The Hall–Kier alpha value is -3.62. The Morgan fingerprint density at radius 2 is 1.65 bits per heavy atom. The molecular formula is C28H29F3N2O4. The summed E-state index contributed by atoms with van der Waals surface area (Å²) in [5.74, 6) is -2.43. The Morgan fingerprint density at radius 3 is 2.24 bits per heavy atom. The van der Waals surface area contributed by atoms with E-state index >= 15 is 0 Å². The second-order valence-electron chi connectivity index (χ2n) is 9.47. The Morgan fingerprint density at radius 1 is 1.00 bits per heavy atom. The van der Waals surface area contributed by atoms with Crippen molar-refractivity contribution in [2.45, 2.75) is 64.6 Å². The normalized spacial score (nSPS) is 14.6. The van der Waals surface area contributed by atoms with Gasteiger partial charge in [0.1, 0.15) is 0 Å². The molecule has 0 saturated heterocycles. The van der Waals surface area contributed by atoms with E-state index in [0.29, 0.717) is 40.5 Å². The van der Waals surface area contributed by atoms with Gasteiger partial charge in [0.05, 0.1) is 17.8 Å². The van der Waals surface area contributed by atoms with Gasteiger partial charge in [-0.05, 0) is 42.0 Å². The number of hydrogen-bond acceptors (Lipinski definition) is 3. The molecule has 2 aromatic carbocycles. The maximum Gasteiger partial charge on any atom is 0.433 e. The van der Waals surface area contributed by atoms with Crippen LogP contribution in [-0.4, -0.2) is 26.1 Å². The average molecular weight is 515 g/mol. The summed E-state index contributed by atoms with van der Waals surface area (Å²) in [4.78, 5) is 38.1. The molecule has 1 aliphatic rings. The fourth-order valence-electron chi connectivity index (χ4n) is 5.16. The van der Waals surface area contributed by atoms with Crippen LogP contribution in [0.25, 0.3) is 11.1 Å². The minimum Gasteiger partial charge on any atom is -0.478 e. The summed E-state index contributed by atoms with van der Waals surface area (Å²) in [6, 6.07) is 13.2. The molecule has 4 rings (SSSR count). The first-order valence-electron chi connectivity index (χ1n) is 12.5. The van der Waals surface area contributed by atoms with E-state index in [0.717, 1.165) is 23.8 Å². The summed E-state index contributed by atoms with van der Waals surface area (Å²) in [7, 11) is 0. The quantitative estimate of drug-likeness (QED) is 0.404. The van der Waals surface area contributed by atoms with Crippen LogP contribution in [-0.2, 0) is 19.1 Å². The van der Waals surface area contributed by atoms with Gasteiger partial charge in [-0.25, -0.2) is 14.2 Å². The lowest BCUT2D eigenvalue weighted by Crippen LogP contribution is -2.36. The van der Waals surface area contributed by atoms with Gasteiger partial charge in [0.2, 0.25) is 5.91 Å². The van der Waals surface area contributed by atoms with Gasteiger partial charge in [-0.2, -0.15) is 13.2 Å². The molecule has 0 aliphatic heterocycles. The smallest absolute Gasteiger partial charge is 0.433 e. The number of nitrogens with zero attached hydrogens (tertiary/aromatic N) is 2. The number of halogens is 3. The molecule has 0 bridgehead atoms. The van der Waals surface area contributed by atoms with E-state index in [1.54, 1.807) is 49.4 Å². The lowest BCUT2D eigenvalue weighted by atomic mass is 9.88. The maximum atomic E-state index is 14.3. The van der Waals surface area contributed by atoms with Gasteiger partial charge in [-0.3, -0.25) is 9.36 Å². The second kappa shape index (κ2) is 10.8. The molecule has 3 aromatic rings. The third kappa shape index (κ3) is 5.40. The van der Waals surface area contributed by atoms with Crippen molar-refractivity contribution in [3.8, 4) is 11.1 Å². The highest BCUT2D eigenvalue weighted by Crippen LogP contribution is 2.34. The molecule has 1 aliphatic carbocycles. The molecule has 1 heterocycles. The number of aromatic nitrogens is 2. The van der Waals surface area contributed by atoms with Crippen LogP contribution in [0.4, 0.5) is 13.2 Å². The molecular weight excluding hydrogens is 485 g/mol. The molecule has 0 atom stereocenters. The van der Waals surface area contributed by atoms with E-state index in [2.05, 4.69) is 0 Å². The van der Waals surface area contributed by atoms with Crippen molar-refractivity contribution >= 4 is 11.9 Å². The number of carbonyl (C=O) groups is 2. The highest BCUT2D eigenvalue weighted by molar-refractivity contribution is 5.96. The highest BCUT2D eigenvalue weighted by atomic mass is 19.4. The number of carboxylic acids is 1. The minimum atomic E-state index is -4.86. The molecule has 1 saturated carbocycles. The predicted molar refractivity (Wildman–Crippen MR) is 133 cm³/mol. The van der Waals surface area contributed by atoms with Gasteiger partial charge in [0.25, 0.3) is 0 Å². The molecule has 1 aromatic heterocycles. The zero-order valence-corrected chi connectivity index (χ0v) is 20.6. The number of carboxylic acid groups (broad SMARTS) is 1. The largest absolute Gasteiger partial charge is 0.478 e. The number of carbonyl (C=O) groups excluding carboxylic acids is 1. The molecule has 1 fully saturated rings. The van der Waals surface area contributed by atoms with E-state index in [9.17, 15) is 32.7 Å². The third-order valence-corrected chi connectivity index (χ3v) is 6.94. The summed E-state index contributed by atoms with van der Waals surface area (Å²) in [6.45, 7) is 1.59. The highest BCUT2D eigenvalue weighted by Gasteiger charge is 2.43. The summed E-state index contributed by atoms with van der Waals surface area (Å²) in [6.07, 6.45) is -1.08. The SMILES string of the molecule is CCCc1c(C(F)(F)F)n(C(=O)C2CCCCC2)c(=O)n1Cc1ccc(-c2ccccc2C(=O)O)cc1. The molecule has 0 radical (unpaired) electrons. The van der Waals surface area contributed by atoms with Crippen LogP contribution < -0.4 is 5.69 Å². The number of benzene rings is 2. The van der Waals surface area contributed by atoms with Crippen LogP contribution in [0.2, 0.25) is 0 Å². The summed E-state index contributed by atoms with van der Waals surface area (Å²) >= 11 is 0. The van der Waals surface area contributed by atoms with Crippen molar-refractivity contribution in [1.29, 1.82) is 0 Å². The van der Waals surface area contributed by atoms with Crippen LogP contribution in [0.3, 0.4) is 0 Å². The molecule has 6 nitrogen and oxygen atoms in total. The first-order valence-corrected chi connectivity index (χ1v) is 12.5. The van der Waals surface area contributed by atoms with Crippen LogP contribution in [0.15, 0.2) is 53.3 Å². The number of aromatic carboxylic acids is 1. The zero-order chi connectivity index (χ0) is 26.7. The van der Waals surface area contributed by atoms with E-state index < -0.39 is 35.4 Å². The maximum absolute atomic E-state index is 14.3. The minimum absolute atomic E-state index is 0.000892. The van der Waals surface area contributed by atoms with Crippen molar-refractivity contribution in [3.05, 3.63) is 81.5 Å². The molecule has 196 valence electrons. The molecule has 37 heavy (non-hydrogen) atoms. The topological polar surface area (TPSA) is 81.3 Å². The summed E-state index contributed by atoms with van der Waals surface area (Å²) in [5, 5.41) is 9.46. The van der Waals surface area contributed by atoms with Gasteiger partial charge >= 0.3 is 17.8 Å². The van der Waals surface area contributed by atoms with E-state index in [4.69, 9.17) is 0 Å². The van der Waals surface area contributed by atoms with E-state index in [-0.39, 0.29) is 24.2 Å². The molecule has 0 spiro atoms. The van der Waals surface area contributed by atoms with Gasteiger partial charge in [0.15, 0.2) is 5.69 Å². The molecule has 0 amide bonds. The van der Waals surface area contributed by atoms with Gasteiger partial charge in [-0.15, -0.1) is 0 Å². The lowest BCUT2D eigenvalue weighted by Gasteiger charge is -2.21. The van der Waals surface area contributed by atoms with E-state index in [1.165, 1.54) is 6.07 Å². The first kappa shape index (κ1) is 26.4. The zero-order valence-electron chi connectivity index (χ0n) is 20.6.